The van der Waals surface area contributed by atoms with Crippen molar-refractivity contribution in [1.82, 2.24) is 0 Å². The molecule has 1 aromatic carbocycles. The van der Waals surface area contributed by atoms with Crippen molar-refractivity contribution in [2.24, 2.45) is 0 Å². The first-order valence-corrected chi connectivity index (χ1v) is 8.99. The number of halogens is 2. The third-order valence-electron chi connectivity index (χ3n) is 4.25. The van der Waals surface area contributed by atoms with Gasteiger partial charge in [-0.15, -0.1) is 0 Å². The molecular formula is C19H32F2N+. The molecule has 0 aliphatic carbocycles. The summed E-state index contributed by atoms with van der Waals surface area (Å²) in [6.45, 7) is 6.14. The quantitative estimate of drug-likeness (QED) is 0.516. The van der Waals surface area contributed by atoms with E-state index in [1.165, 1.54) is 44.6 Å². The first-order chi connectivity index (χ1) is 10.7. The fraction of sp³-hybridized carbons (Fsp3) is 0.684. The van der Waals surface area contributed by atoms with E-state index >= 15 is 0 Å². The first-order valence-electron chi connectivity index (χ1n) is 8.99. The van der Waals surface area contributed by atoms with Crippen LogP contribution in [-0.4, -0.2) is 13.1 Å². The number of hydrogen-bond donors (Lipinski definition) is 1. The van der Waals surface area contributed by atoms with E-state index in [9.17, 15) is 8.78 Å². The average Bonchev–Trinajstić information content (AvgIpc) is 2.52. The molecule has 1 nitrogen and oxygen atoms in total. The molecule has 3 heteroatoms. The van der Waals surface area contributed by atoms with E-state index in [0.29, 0.717) is 5.69 Å². The molecule has 0 aliphatic heterocycles. The normalized spacial score (nSPS) is 12.5. The Morgan fingerprint density at radius 3 is 2.05 bits per heavy atom. The molecule has 1 aromatic rings. The molecule has 0 heterocycles. The Kier molecular flexibility index (Phi) is 10.1. The Bertz CT molecular complexity index is 406. The minimum Gasteiger partial charge on any atom is -0.300 e. The van der Waals surface area contributed by atoms with Gasteiger partial charge in [-0.1, -0.05) is 58.4 Å². The number of quaternary nitrogens is 1. The Hall–Kier alpha value is -0.960. The van der Waals surface area contributed by atoms with Gasteiger partial charge in [-0.2, -0.15) is 4.39 Å². The molecule has 0 fully saturated rings. The van der Waals surface area contributed by atoms with Crippen LogP contribution in [0.5, 0.6) is 0 Å². The molecule has 0 spiro atoms. The Balaban J connectivity index is 2.45. The van der Waals surface area contributed by atoms with Gasteiger partial charge in [0.15, 0.2) is 11.5 Å². The first kappa shape index (κ1) is 19.1. The summed E-state index contributed by atoms with van der Waals surface area (Å²) in [5, 5.41) is 0. The highest BCUT2D eigenvalue weighted by molar-refractivity contribution is 5.31. The van der Waals surface area contributed by atoms with Crippen molar-refractivity contribution in [2.45, 2.75) is 71.6 Å². The van der Waals surface area contributed by atoms with Crippen LogP contribution in [0, 0.1) is 11.6 Å². The van der Waals surface area contributed by atoms with Gasteiger partial charge in [0.05, 0.1) is 13.1 Å². The molecule has 0 bridgehead atoms. The van der Waals surface area contributed by atoms with E-state index in [2.05, 4.69) is 13.8 Å². The fourth-order valence-electron chi connectivity index (χ4n) is 2.86. The maximum atomic E-state index is 14.0. The SMILES string of the molecule is CCCCCCCCC[NH+](CCCC)c1cccc(F)c1F. The van der Waals surface area contributed by atoms with Crippen LogP contribution >= 0.6 is 0 Å². The average molecular weight is 312 g/mol. The largest absolute Gasteiger partial charge is 0.300 e. The van der Waals surface area contributed by atoms with Gasteiger partial charge in [-0.25, -0.2) is 4.39 Å². The van der Waals surface area contributed by atoms with E-state index in [0.717, 1.165) is 37.3 Å². The highest BCUT2D eigenvalue weighted by atomic mass is 19.2. The lowest BCUT2D eigenvalue weighted by atomic mass is 10.1. The van der Waals surface area contributed by atoms with E-state index in [1.807, 2.05) is 0 Å². The molecule has 1 N–H and O–H groups in total. The van der Waals surface area contributed by atoms with Gasteiger partial charge < -0.3 is 0 Å². The maximum Gasteiger partial charge on any atom is 0.219 e. The Morgan fingerprint density at radius 1 is 0.773 bits per heavy atom. The monoisotopic (exact) mass is 312 g/mol. The van der Waals surface area contributed by atoms with Crippen molar-refractivity contribution < 1.29 is 13.7 Å². The highest BCUT2D eigenvalue weighted by Crippen LogP contribution is 2.13. The van der Waals surface area contributed by atoms with Gasteiger partial charge in [-0.3, -0.25) is 4.90 Å². The Morgan fingerprint density at radius 2 is 1.36 bits per heavy atom. The van der Waals surface area contributed by atoms with Crippen molar-refractivity contribution in [3.8, 4) is 0 Å². The third-order valence-corrected chi connectivity index (χ3v) is 4.25. The number of unbranched alkanes of at least 4 members (excludes halogenated alkanes) is 7. The molecule has 1 rings (SSSR count). The second-order valence-electron chi connectivity index (χ2n) is 6.18. The highest BCUT2D eigenvalue weighted by Gasteiger charge is 2.19. The molecule has 0 amide bonds. The summed E-state index contributed by atoms with van der Waals surface area (Å²) in [5.74, 6) is -1.40. The summed E-state index contributed by atoms with van der Waals surface area (Å²) in [5.41, 5.74) is 0.499. The van der Waals surface area contributed by atoms with Crippen LogP contribution in [0.25, 0.3) is 0 Å². The smallest absolute Gasteiger partial charge is 0.219 e. The lowest BCUT2D eigenvalue weighted by Crippen LogP contribution is -3.07. The maximum absolute atomic E-state index is 14.0. The molecule has 0 saturated heterocycles. The number of nitrogens with one attached hydrogen (secondary N) is 1. The van der Waals surface area contributed by atoms with Crippen molar-refractivity contribution in [3.05, 3.63) is 29.8 Å². The van der Waals surface area contributed by atoms with Crippen molar-refractivity contribution in [2.75, 3.05) is 13.1 Å². The molecule has 0 radical (unpaired) electrons. The van der Waals surface area contributed by atoms with Gasteiger partial charge in [0.2, 0.25) is 5.82 Å². The van der Waals surface area contributed by atoms with E-state index < -0.39 is 11.6 Å². The van der Waals surface area contributed by atoms with Crippen LogP contribution in [0.15, 0.2) is 18.2 Å². The minimum atomic E-state index is -0.730. The van der Waals surface area contributed by atoms with E-state index in [1.54, 1.807) is 12.1 Å². The summed E-state index contributed by atoms with van der Waals surface area (Å²) >= 11 is 0. The van der Waals surface area contributed by atoms with Crippen LogP contribution < -0.4 is 4.90 Å². The number of benzene rings is 1. The summed E-state index contributed by atoms with van der Waals surface area (Å²) in [6, 6.07) is 4.54. The van der Waals surface area contributed by atoms with E-state index in [-0.39, 0.29) is 0 Å². The van der Waals surface area contributed by atoms with Gasteiger partial charge in [0, 0.05) is 6.07 Å². The molecule has 22 heavy (non-hydrogen) atoms. The fourth-order valence-corrected chi connectivity index (χ4v) is 2.86. The molecule has 1 unspecified atom stereocenters. The van der Waals surface area contributed by atoms with Crippen LogP contribution in [-0.2, 0) is 0 Å². The standard InChI is InChI=1S/C19H31F2N/c1-3-5-7-8-9-10-11-16-22(15-6-4-2)18-14-12-13-17(20)19(18)21/h12-14H,3-11,15-16H2,1-2H3/p+1. The summed E-state index contributed by atoms with van der Waals surface area (Å²) in [6.07, 6.45) is 10.9. The van der Waals surface area contributed by atoms with Gasteiger partial charge in [0.1, 0.15) is 0 Å². The lowest BCUT2D eigenvalue weighted by molar-refractivity contribution is -0.834. The predicted octanol–water partition coefficient (Wildman–Crippen LogP) is 5.03. The number of hydrogen-bond acceptors (Lipinski definition) is 0. The zero-order valence-corrected chi connectivity index (χ0v) is 14.3. The number of rotatable bonds is 12. The Labute approximate surface area is 134 Å². The molecule has 126 valence electrons. The predicted molar refractivity (Wildman–Crippen MR) is 89.6 cm³/mol. The van der Waals surface area contributed by atoms with Crippen LogP contribution in [0.3, 0.4) is 0 Å². The topological polar surface area (TPSA) is 4.44 Å². The second kappa shape index (κ2) is 11.6. The van der Waals surface area contributed by atoms with Gasteiger partial charge >= 0.3 is 0 Å². The zero-order chi connectivity index (χ0) is 16.2. The zero-order valence-electron chi connectivity index (χ0n) is 14.3. The van der Waals surface area contributed by atoms with Crippen LogP contribution in [0.1, 0.15) is 71.6 Å². The van der Waals surface area contributed by atoms with Gasteiger partial charge in [0.25, 0.3) is 0 Å². The molecule has 0 aromatic heterocycles. The molecular weight excluding hydrogens is 280 g/mol. The lowest BCUT2D eigenvalue weighted by Gasteiger charge is -2.19. The second-order valence-corrected chi connectivity index (χ2v) is 6.18. The van der Waals surface area contributed by atoms with Crippen LogP contribution in [0.4, 0.5) is 14.5 Å². The molecule has 0 aliphatic rings. The van der Waals surface area contributed by atoms with Gasteiger partial charge in [-0.05, 0) is 25.3 Å². The summed E-state index contributed by atoms with van der Waals surface area (Å²) in [7, 11) is 0. The summed E-state index contributed by atoms with van der Waals surface area (Å²) in [4.78, 5) is 1.09. The molecule has 0 saturated carbocycles. The molecule has 1 atom stereocenters. The van der Waals surface area contributed by atoms with Crippen molar-refractivity contribution >= 4 is 5.69 Å². The van der Waals surface area contributed by atoms with E-state index in [4.69, 9.17) is 0 Å². The minimum absolute atomic E-state index is 0.499. The van der Waals surface area contributed by atoms with Crippen molar-refractivity contribution in [1.29, 1.82) is 0 Å². The van der Waals surface area contributed by atoms with Crippen molar-refractivity contribution in [3.63, 3.8) is 0 Å². The third kappa shape index (κ3) is 6.87. The van der Waals surface area contributed by atoms with Crippen LogP contribution in [0.2, 0.25) is 0 Å². The summed E-state index contributed by atoms with van der Waals surface area (Å²) < 4.78 is 27.4.